The second kappa shape index (κ2) is 5.72. The third-order valence-corrected chi connectivity index (χ3v) is 2.73. The molecule has 0 aliphatic carbocycles. The number of nitrogens with zero attached hydrogens (tertiary/aromatic N) is 1. The van der Waals surface area contributed by atoms with Crippen LogP contribution in [0.1, 0.15) is 23.7 Å². The van der Waals surface area contributed by atoms with Crippen LogP contribution in [0.25, 0.3) is 0 Å². The first-order valence-corrected chi connectivity index (χ1v) is 5.39. The minimum absolute atomic E-state index is 0.0411. The van der Waals surface area contributed by atoms with Gasteiger partial charge in [0.1, 0.15) is 0 Å². The summed E-state index contributed by atoms with van der Waals surface area (Å²) in [4.78, 5) is 13.4. The number of amides is 1. The Kier molecular flexibility index (Phi) is 4.57. The molecule has 0 aliphatic rings. The van der Waals surface area contributed by atoms with E-state index < -0.39 is 11.6 Å². The van der Waals surface area contributed by atoms with Gasteiger partial charge in [0.05, 0.1) is 0 Å². The highest BCUT2D eigenvalue weighted by Gasteiger charge is 2.18. The second-order valence-corrected chi connectivity index (χ2v) is 3.97. The number of nitrogens with two attached hydrogens (primary N) is 1. The predicted molar refractivity (Wildman–Crippen MR) is 61.6 cm³/mol. The Morgan fingerprint density at radius 2 is 2.06 bits per heavy atom. The molecule has 5 heteroatoms. The molecule has 1 amide bonds. The van der Waals surface area contributed by atoms with E-state index in [1.807, 2.05) is 6.92 Å². The molecule has 17 heavy (non-hydrogen) atoms. The van der Waals surface area contributed by atoms with Gasteiger partial charge < -0.3 is 10.6 Å². The molecule has 1 aromatic carbocycles. The van der Waals surface area contributed by atoms with Gasteiger partial charge in [0.2, 0.25) is 0 Å². The summed E-state index contributed by atoms with van der Waals surface area (Å²) in [5, 5.41) is 0. The van der Waals surface area contributed by atoms with Gasteiger partial charge >= 0.3 is 0 Å². The van der Waals surface area contributed by atoms with Gasteiger partial charge in [0.25, 0.3) is 5.91 Å². The van der Waals surface area contributed by atoms with Crippen LogP contribution in [0, 0.1) is 11.6 Å². The lowest BCUT2D eigenvalue weighted by molar-refractivity contribution is 0.0738. The van der Waals surface area contributed by atoms with Crippen molar-refractivity contribution in [1.82, 2.24) is 4.90 Å². The van der Waals surface area contributed by atoms with Gasteiger partial charge in [0.15, 0.2) is 11.6 Å². The molecule has 1 atom stereocenters. The van der Waals surface area contributed by atoms with Gasteiger partial charge in [-0.05, 0) is 38.1 Å². The summed E-state index contributed by atoms with van der Waals surface area (Å²) in [5.41, 5.74) is 5.54. The predicted octanol–water partition coefficient (Wildman–Crippen LogP) is 1.77. The van der Waals surface area contributed by atoms with Crippen LogP contribution >= 0.6 is 0 Å². The molecule has 0 saturated heterocycles. The summed E-state index contributed by atoms with van der Waals surface area (Å²) >= 11 is 0. The molecule has 0 radical (unpaired) electrons. The minimum Gasteiger partial charge on any atom is -0.339 e. The van der Waals surface area contributed by atoms with Crippen molar-refractivity contribution >= 4 is 5.91 Å². The summed E-state index contributed by atoms with van der Waals surface area (Å²) in [6.45, 7) is 2.32. The highest BCUT2D eigenvalue weighted by molar-refractivity contribution is 5.94. The first kappa shape index (κ1) is 13.6. The van der Waals surface area contributed by atoms with E-state index in [1.165, 1.54) is 11.0 Å². The SMILES string of the molecule is CC(CCN)N(C)C(=O)c1ccc(F)c(F)c1. The minimum atomic E-state index is -1.02. The number of carbonyl (C=O) groups is 1. The van der Waals surface area contributed by atoms with Gasteiger partial charge in [0, 0.05) is 18.7 Å². The molecule has 0 fully saturated rings. The van der Waals surface area contributed by atoms with Crippen molar-refractivity contribution < 1.29 is 13.6 Å². The summed E-state index contributed by atoms with van der Waals surface area (Å²) in [7, 11) is 1.62. The van der Waals surface area contributed by atoms with E-state index in [0.717, 1.165) is 12.1 Å². The maximum absolute atomic E-state index is 13.0. The number of hydrogen-bond acceptors (Lipinski definition) is 2. The van der Waals surface area contributed by atoms with Gasteiger partial charge in [-0.3, -0.25) is 4.79 Å². The van der Waals surface area contributed by atoms with Crippen molar-refractivity contribution in [1.29, 1.82) is 0 Å². The summed E-state index contributed by atoms with van der Waals surface area (Å²) in [6.07, 6.45) is 0.659. The number of halogens is 2. The fraction of sp³-hybridized carbons (Fsp3) is 0.417. The zero-order valence-electron chi connectivity index (χ0n) is 9.91. The maximum Gasteiger partial charge on any atom is 0.253 e. The number of benzene rings is 1. The quantitative estimate of drug-likeness (QED) is 0.874. The molecule has 1 rings (SSSR count). The van der Waals surface area contributed by atoms with E-state index in [9.17, 15) is 13.6 Å². The zero-order valence-corrected chi connectivity index (χ0v) is 9.91. The number of carbonyl (C=O) groups excluding carboxylic acids is 1. The standard InChI is InChI=1S/C12H16F2N2O/c1-8(5-6-15)16(2)12(17)9-3-4-10(13)11(14)7-9/h3-4,7-8H,5-6,15H2,1-2H3. The highest BCUT2D eigenvalue weighted by Crippen LogP contribution is 2.12. The molecule has 1 aromatic rings. The zero-order chi connectivity index (χ0) is 13.0. The van der Waals surface area contributed by atoms with E-state index in [-0.39, 0.29) is 17.5 Å². The lowest BCUT2D eigenvalue weighted by Gasteiger charge is -2.24. The summed E-state index contributed by atoms with van der Waals surface area (Å²) in [5.74, 6) is -2.32. The molecule has 2 N–H and O–H groups in total. The third kappa shape index (κ3) is 3.23. The summed E-state index contributed by atoms with van der Waals surface area (Å²) < 4.78 is 25.7. The Labute approximate surface area is 99.2 Å². The second-order valence-electron chi connectivity index (χ2n) is 3.97. The molecular formula is C12H16F2N2O. The van der Waals surface area contributed by atoms with Crippen molar-refractivity contribution in [3.05, 3.63) is 35.4 Å². The fourth-order valence-corrected chi connectivity index (χ4v) is 1.47. The Bertz CT molecular complexity index is 409. The Morgan fingerprint density at radius 3 is 2.59 bits per heavy atom. The largest absolute Gasteiger partial charge is 0.339 e. The van der Waals surface area contributed by atoms with Crippen LogP contribution in [0.2, 0.25) is 0 Å². The summed E-state index contributed by atoms with van der Waals surface area (Å²) in [6, 6.07) is 3.08. The number of hydrogen-bond donors (Lipinski definition) is 1. The van der Waals surface area contributed by atoms with Crippen LogP contribution in [-0.2, 0) is 0 Å². The molecule has 0 spiro atoms. The monoisotopic (exact) mass is 242 g/mol. The highest BCUT2D eigenvalue weighted by atomic mass is 19.2. The lowest BCUT2D eigenvalue weighted by atomic mass is 10.1. The van der Waals surface area contributed by atoms with E-state index in [0.29, 0.717) is 13.0 Å². The van der Waals surface area contributed by atoms with Crippen LogP contribution in [0.4, 0.5) is 8.78 Å². The van der Waals surface area contributed by atoms with Crippen LogP contribution in [0.5, 0.6) is 0 Å². The molecule has 0 aliphatic heterocycles. The Morgan fingerprint density at radius 1 is 1.41 bits per heavy atom. The lowest BCUT2D eigenvalue weighted by Crippen LogP contribution is -2.36. The fourth-order valence-electron chi connectivity index (χ4n) is 1.47. The molecule has 1 unspecified atom stereocenters. The van der Waals surface area contributed by atoms with E-state index in [4.69, 9.17) is 5.73 Å². The molecule has 0 bridgehead atoms. The van der Waals surface area contributed by atoms with E-state index in [1.54, 1.807) is 7.05 Å². The van der Waals surface area contributed by atoms with Crippen molar-refractivity contribution in [3.63, 3.8) is 0 Å². The topological polar surface area (TPSA) is 46.3 Å². The molecule has 0 saturated carbocycles. The first-order chi connectivity index (χ1) is 7.97. The van der Waals surface area contributed by atoms with Crippen LogP contribution in [0.3, 0.4) is 0 Å². The van der Waals surface area contributed by atoms with E-state index in [2.05, 4.69) is 0 Å². The van der Waals surface area contributed by atoms with Gasteiger partial charge in [-0.25, -0.2) is 8.78 Å². The van der Waals surface area contributed by atoms with Crippen molar-refractivity contribution in [2.45, 2.75) is 19.4 Å². The Hall–Kier alpha value is -1.49. The molecule has 3 nitrogen and oxygen atoms in total. The van der Waals surface area contributed by atoms with Crippen LogP contribution < -0.4 is 5.73 Å². The van der Waals surface area contributed by atoms with Crippen molar-refractivity contribution in [2.24, 2.45) is 5.73 Å². The molecule has 0 aromatic heterocycles. The maximum atomic E-state index is 13.0. The van der Waals surface area contributed by atoms with Gasteiger partial charge in [-0.1, -0.05) is 0 Å². The smallest absolute Gasteiger partial charge is 0.253 e. The Balaban J connectivity index is 2.85. The molecular weight excluding hydrogens is 226 g/mol. The first-order valence-electron chi connectivity index (χ1n) is 5.39. The van der Waals surface area contributed by atoms with Gasteiger partial charge in [-0.15, -0.1) is 0 Å². The van der Waals surface area contributed by atoms with Gasteiger partial charge in [-0.2, -0.15) is 0 Å². The van der Waals surface area contributed by atoms with Crippen molar-refractivity contribution in [3.8, 4) is 0 Å². The van der Waals surface area contributed by atoms with Crippen molar-refractivity contribution in [2.75, 3.05) is 13.6 Å². The average Bonchev–Trinajstić information content (AvgIpc) is 2.31. The third-order valence-electron chi connectivity index (χ3n) is 2.73. The normalized spacial score (nSPS) is 12.3. The molecule has 0 heterocycles. The molecule has 94 valence electrons. The number of rotatable bonds is 4. The van der Waals surface area contributed by atoms with Crippen LogP contribution in [-0.4, -0.2) is 30.4 Å². The van der Waals surface area contributed by atoms with Crippen LogP contribution in [0.15, 0.2) is 18.2 Å². The van der Waals surface area contributed by atoms with E-state index >= 15 is 0 Å². The average molecular weight is 242 g/mol.